The van der Waals surface area contributed by atoms with E-state index < -0.39 is 11.6 Å². The topological polar surface area (TPSA) is 49.4 Å². The van der Waals surface area contributed by atoms with Crippen LogP contribution in [-0.4, -0.2) is 28.3 Å². The second-order valence-electron chi connectivity index (χ2n) is 9.48. The predicted octanol–water partition coefficient (Wildman–Crippen LogP) is 6.74. The van der Waals surface area contributed by atoms with Gasteiger partial charge in [0.05, 0.1) is 16.5 Å². The molecule has 3 rings (SSSR count). The number of nitrogens with zero attached hydrogens (tertiary/aromatic N) is 1. The molecule has 184 valence electrons. The van der Waals surface area contributed by atoms with Gasteiger partial charge in [-0.2, -0.15) is 0 Å². The number of rotatable bonds is 8. The van der Waals surface area contributed by atoms with Gasteiger partial charge < -0.3 is 10.2 Å². The van der Waals surface area contributed by atoms with Crippen molar-refractivity contribution in [1.29, 1.82) is 0 Å². The van der Waals surface area contributed by atoms with Crippen molar-refractivity contribution in [3.63, 3.8) is 0 Å². The van der Waals surface area contributed by atoms with Crippen LogP contribution in [0.4, 0.5) is 0 Å². The number of carbonyl (C=O) groups excluding carboxylic acids is 2. The van der Waals surface area contributed by atoms with Crippen molar-refractivity contribution in [2.75, 3.05) is 0 Å². The highest BCUT2D eigenvalue weighted by Gasteiger charge is 2.32. The monoisotopic (exact) mass is 530 g/mol. The van der Waals surface area contributed by atoms with Crippen LogP contribution < -0.4 is 5.32 Å². The molecule has 0 aromatic heterocycles. The van der Waals surface area contributed by atoms with Gasteiger partial charge in [0.1, 0.15) is 6.04 Å². The Hall–Kier alpha value is -2.53. The molecule has 0 aliphatic rings. The molecule has 4 nitrogen and oxygen atoms in total. The van der Waals surface area contributed by atoms with Gasteiger partial charge in [-0.25, -0.2) is 0 Å². The summed E-state index contributed by atoms with van der Waals surface area (Å²) in [6.07, 6.45) is 0.424. The van der Waals surface area contributed by atoms with Gasteiger partial charge in [-0.15, -0.1) is 0 Å². The quantitative estimate of drug-likeness (QED) is 0.350. The van der Waals surface area contributed by atoms with Crippen molar-refractivity contribution in [3.8, 4) is 0 Å². The molecule has 0 bridgehead atoms. The van der Waals surface area contributed by atoms with Crippen LogP contribution in [0.5, 0.6) is 0 Å². The van der Waals surface area contributed by atoms with E-state index in [9.17, 15) is 9.59 Å². The molecule has 7 heteroatoms. The third-order valence-corrected chi connectivity index (χ3v) is 6.51. The minimum atomic E-state index is -0.749. The fourth-order valence-corrected chi connectivity index (χ4v) is 4.27. The zero-order valence-electron chi connectivity index (χ0n) is 20.0. The van der Waals surface area contributed by atoms with E-state index in [2.05, 4.69) is 5.32 Å². The lowest BCUT2D eigenvalue weighted by atomic mass is 10.00. The standard InChI is InChI=1S/C28H29Cl3N2O2/c1-28(2,3)32-27(35)25(16-19-9-5-4-6-10-19)33(18-20-13-14-23(30)24(31)15-20)26(34)17-21-11-7-8-12-22(21)29/h4-15,25H,16-18H2,1-3H3,(H,32,35)/t25-/m1/s1. The van der Waals surface area contributed by atoms with E-state index in [0.717, 1.165) is 11.1 Å². The summed E-state index contributed by atoms with van der Waals surface area (Å²) in [6.45, 7) is 5.94. The van der Waals surface area contributed by atoms with Crippen LogP contribution in [0.2, 0.25) is 15.1 Å². The summed E-state index contributed by atoms with van der Waals surface area (Å²) in [6, 6.07) is 21.4. The Morgan fingerprint density at radius 1 is 0.829 bits per heavy atom. The lowest BCUT2D eigenvalue weighted by Gasteiger charge is -2.34. The molecule has 2 amide bonds. The maximum atomic E-state index is 13.8. The Balaban J connectivity index is 2.02. The van der Waals surface area contributed by atoms with Gasteiger partial charge >= 0.3 is 0 Å². The first-order valence-electron chi connectivity index (χ1n) is 11.4. The third kappa shape index (κ3) is 7.99. The fraction of sp³-hybridized carbons (Fsp3) is 0.286. The second-order valence-corrected chi connectivity index (χ2v) is 10.7. The molecule has 1 N–H and O–H groups in total. The molecule has 0 heterocycles. The lowest BCUT2D eigenvalue weighted by Crippen LogP contribution is -2.54. The van der Waals surface area contributed by atoms with Gasteiger partial charge in [-0.05, 0) is 55.7 Å². The lowest BCUT2D eigenvalue weighted by molar-refractivity contribution is -0.141. The molecule has 0 saturated heterocycles. The average molecular weight is 532 g/mol. The van der Waals surface area contributed by atoms with Crippen molar-refractivity contribution in [1.82, 2.24) is 10.2 Å². The average Bonchev–Trinajstić information content (AvgIpc) is 2.79. The van der Waals surface area contributed by atoms with Crippen molar-refractivity contribution in [2.45, 2.75) is 51.7 Å². The summed E-state index contributed by atoms with van der Waals surface area (Å²) in [5, 5.41) is 4.38. The first-order valence-corrected chi connectivity index (χ1v) is 12.5. The van der Waals surface area contributed by atoms with E-state index in [4.69, 9.17) is 34.8 Å². The largest absolute Gasteiger partial charge is 0.350 e. The maximum absolute atomic E-state index is 13.8. The predicted molar refractivity (Wildman–Crippen MR) is 144 cm³/mol. The van der Waals surface area contributed by atoms with E-state index in [-0.39, 0.29) is 24.8 Å². The Morgan fingerprint density at radius 3 is 2.11 bits per heavy atom. The highest BCUT2D eigenvalue weighted by molar-refractivity contribution is 6.42. The SMILES string of the molecule is CC(C)(C)NC(=O)[C@@H](Cc1ccccc1)N(Cc1ccc(Cl)c(Cl)c1)C(=O)Cc1ccccc1Cl. The molecule has 0 radical (unpaired) electrons. The van der Waals surface area contributed by atoms with Crippen LogP contribution in [0.3, 0.4) is 0 Å². The molecule has 3 aromatic carbocycles. The van der Waals surface area contributed by atoms with Gasteiger partial charge in [0.2, 0.25) is 11.8 Å². The number of hydrogen-bond acceptors (Lipinski definition) is 2. The molecule has 0 spiro atoms. The Morgan fingerprint density at radius 2 is 1.49 bits per heavy atom. The molecule has 1 atom stereocenters. The summed E-state index contributed by atoms with van der Waals surface area (Å²) < 4.78 is 0. The van der Waals surface area contributed by atoms with Gasteiger partial charge in [0.25, 0.3) is 0 Å². The summed E-state index contributed by atoms with van der Waals surface area (Å²) in [7, 11) is 0. The van der Waals surface area contributed by atoms with Crippen molar-refractivity contribution < 1.29 is 9.59 Å². The van der Waals surface area contributed by atoms with Gasteiger partial charge in [0, 0.05) is 23.5 Å². The smallest absolute Gasteiger partial charge is 0.243 e. The van der Waals surface area contributed by atoms with Crippen LogP contribution in [-0.2, 0) is 29.0 Å². The van der Waals surface area contributed by atoms with E-state index in [1.165, 1.54) is 0 Å². The van der Waals surface area contributed by atoms with Crippen molar-refractivity contribution in [2.24, 2.45) is 0 Å². The molecule has 0 saturated carbocycles. The van der Waals surface area contributed by atoms with E-state index in [0.29, 0.717) is 27.1 Å². The summed E-state index contributed by atoms with van der Waals surface area (Å²) in [5.74, 6) is -0.442. The molecule has 0 aliphatic heterocycles. The first-order chi connectivity index (χ1) is 16.5. The Kier molecular flexibility index (Phi) is 9.23. The number of benzene rings is 3. The van der Waals surface area contributed by atoms with E-state index in [1.807, 2.05) is 75.4 Å². The van der Waals surface area contributed by atoms with E-state index >= 15 is 0 Å². The first kappa shape index (κ1) is 27.1. The third-order valence-electron chi connectivity index (χ3n) is 5.41. The van der Waals surface area contributed by atoms with Crippen LogP contribution >= 0.6 is 34.8 Å². The molecular formula is C28H29Cl3N2O2. The maximum Gasteiger partial charge on any atom is 0.243 e. The number of nitrogens with one attached hydrogen (secondary N) is 1. The van der Waals surface area contributed by atoms with Crippen LogP contribution in [0, 0.1) is 0 Å². The minimum absolute atomic E-state index is 0.0646. The number of halogens is 3. The highest BCUT2D eigenvalue weighted by Crippen LogP contribution is 2.25. The molecule has 35 heavy (non-hydrogen) atoms. The van der Waals surface area contributed by atoms with Gasteiger partial charge in [-0.3, -0.25) is 9.59 Å². The Bertz CT molecular complexity index is 1180. The second kappa shape index (κ2) is 11.9. The summed E-state index contributed by atoms with van der Waals surface area (Å²) >= 11 is 18.7. The van der Waals surface area contributed by atoms with Crippen LogP contribution in [0.25, 0.3) is 0 Å². The molecule has 0 aliphatic carbocycles. The van der Waals surface area contributed by atoms with Crippen LogP contribution in [0.1, 0.15) is 37.5 Å². The van der Waals surface area contributed by atoms with Gasteiger partial charge in [0.15, 0.2) is 0 Å². The van der Waals surface area contributed by atoms with Crippen LogP contribution in [0.15, 0.2) is 72.8 Å². The van der Waals surface area contributed by atoms with E-state index in [1.54, 1.807) is 23.1 Å². The normalized spacial score (nSPS) is 12.2. The molecule has 0 unspecified atom stereocenters. The highest BCUT2D eigenvalue weighted by atomic mass is 35.5. The number of carbonyl (C=O) groups is 2. The molecular weight excluding hydrogens is 503 g/mol. The summed E-state index contributed by atoms with van der Waals surface area (Å²) in [4.78, 5) is 28.9. The van der Waals surface area contributed by atoms with Crippen molar-refractivity contribution in [3.05, 3.63) is 105 Å². The number of hydrogen-bond donors (Lipinski definition) is 1. The fourth-order valence-electron chi connectivity index (χ4n) is 3.75. The zero-order chi connectivity index (χ0) is 25.6. The zero-order valence-corrected chi connectivity index (χ0v) is 22.3. The molecule has 0 fully saturated rings. The van der Waals surface area contributed by atoms with Crippen molar-refractivity contribution >= 4 is 46.6 Å². The minimum Gasteiger partial charge on any atom is -0.350 e. The van der Waals surface area contributed by atoms with Gasteiger partial charge in [-0.1, -0.05) is 89.4 Å². The number of amides is 2. The summed E-state index contributed by atoms with van der Waals surface area (Å²) in [5.41, 5.74) is 1.96. The molecule has 3 aromatic rings. The Labute approximate surface area is 222 Å².